The summed E-state index contributed by atoms with van der Waals surface area (Å²) in [7, 11) is 0. The smallest absolute Gasteiger partial charge is 0.222 e. The number of hydrogen-bond donors (Lipinski definition) is 0. The average Bonchev–Trinajstić information content (AvgIpc) is 3.09. The minimum atomic E-state index is 0.0759. The molecule has 0 saturated carbocycles. The predicted octanol–water partition coefficient (Wildman–Crippen LogP) is 4.77. The van der Waals surface area contributed by atoms with Crippen molar-refractivity contribution < 1.29 is 4.40 Å². The molecule has 2 heteroatoms. The molecule has 2 aromatic heterocycles. The molecule has 2 aromatic carbocycles. The van der Waals surface area contributed by atoms with Gasteiger partial charge in [-0.05, 0) is 0 Å². The summed E-state index contributed by atoms with van der Waals surface area (Å²) in [5.74, 6) is 0. The van der Waals surface area contributed by atoms with E-state index in [9.17, 15) is 0 Å². The molecule has 0 N–H and O–H groups in total. The maximum absolute atomic E-state index is 2.60. The molecule has 2 nitrogen and oxygen atoms in total. The monoisotopic (exact) mass is 327 g/mol. The fourth-order valence-corrected chi connectivity index (χ4v) is 5.59. The maximum Gasteiger partial charge on any atom is 0.295 e. The number of rotatable bonds is 0. The van der Waals surface area contributed by atoms with E-state index in [-0.39, 0.29) is 10.8 Å². The second-order valence-corrected chi connectivity index (χ2v) is 8.97. The molecule has 0 aliphatic carbocycles. The zero-order valence-corrected chi connectivity index (χ0v) is 15.6. The van der Waals surface area contributed by atoms with Crippen LogP contribution in [0.2, 0.25) is 0 Å². The Morgan fingerprint density at radius 1 is 0.920 bits per heavy atom. The first kappa shape index (κ1) is 13.9. The Kier molecular flexibility index (Phi) is 2.08. The topological polar surface area (TPSA) is 9.03 Å². The number of hydrogen-bond acceptors (Lipinski definition) is 0. The van der Waals surface area contributed by atoms with Crippen LogP contribution in [-0.4, -0.2) is 4.57 Å². The molecule has 0 amide bonds. The Hall–Kier alpha value is -2.35. The second kappa shape index (κ2) is 3.75. The van der Waals surface area contributed by atoms with Crippen molar-refractivity contribution >= 4 is 27.3 Å². The van der Waals surface area contributed by atoms with E-state index in [4.69, 9.17) is 0 Å². The highest BCUT2D eigenvalue weighted by atomic mass is 15.2. The van der Waals surface area contributed by atoms with Crippen LogP contribution in [0.5, 0.6) is 0 Å². The van der Waals surface area contributed by atoms with Crippen molar-refractivity contribution in [3.8, 4) is 0 Å². The third-order valence-electron chi connectivity index (χ3n) is 7.52. The molecule has 0 fully saturated rings. The van der Waals surface area contributed by atoms with E-state index in [0.717, 1.165) is 6.54 Å². The molecule has 0 atom stereocenters. The lowest BCUT2D eigenvalue weighted by atomic mass is 9.60. The van der Waals surface area contributed by atoms with Crippen molar-refractivity contribution in [3.05, 3.63) is 58.9 Å². The molecular formula is C23H23N2+. The van der Waals surface area contributed by atoms with E-state index >= 15 is 0 Å². The largest absolute Gasteiger partial charge is 0.295 e. The van der Waals surface area contributed by atoms with Crippen LogP contribution in [-0.2, 0) is 17.4 Å². The van der Waals surface area contributed by atoms with Gasteiger partial charge in [0.05, 0.1) is 5.39 Å². The second-order valence-electron chi connectivity index (χ2n) is 8.97. The minimum Gasteiger partial charge on any atom is -0.222 e. The number of pyridine rings is 1. The van der Waals surface area contributed by atoms with Crippen LogP contribution in [0.15, 0.2) is 36.4 Å². The van der Waals surface area contributed by atoms with Crippen LogP contribution in [0, 0.1) is 6.92 Å². The SMILES string of the molecule is Cc1c2[n+]3c4c(cccc4c4cccc5c4c3n1C5)C(C)(C)C2(C)C. The molecule has 25 heavy (non-hydrogen) atoms. The Morgan fingerprint density at radius 2 is 1.64 bits per heavy atom. The first-order valence-electron chi connectivity index (χ1n) is 9.28. The highest BCUT2D eigenvalue weighted by Gasteiger charge is 2.52. The van der Waals surface area contributed by atoms with Gasteiger partial charge >= 0.3 is 0 Å². The zero-order chi connectivity index (χ0) is 17.3. The minimum absolute atomic E-state index is 0.0759. The van der Waals surface area contributed by atoms with Crippen molar-refractivity contribution in [1.29, 1.82) is 0 Å². The van der Waals surface area contributed by atoms with Gasteiger partial charge in [-0.1, -0.05) is 64.1 Å². The van der Waals surface area contributed by atoms with Crippen molar-refractivity contribution in [2.24, 2.45) is 0 Å². The molecule has 0 saturated heterocycles. The summed E-state index contributed by atoms with van der Waals surface area (Å²) < 4.78 is 5.15. The van der Waals surface area contributed by atoms with E-state index in [1.165, 1.54) is 49.8 Å². The number of fused-ring (bicyclic) bond motifs is 1. The molecule has 124 valence electrons. The summed E-state index contributed by atoms with van der Waals surface area (Å²) in [6, 6.07) is 13.7. The normalized spacial score (nSPS) is 19.1. The number of nitrogens with zero attached hydrogens (tertiary/aromatic N) is 2. The van der Waals surface area contributed by atoms with E-state index in [1.807, 2.05) is 0 Å². The van der Waals surface area contributed by atoms with Crippen molar-refractivity contribution in [1.82, 2.24) is 4.57 Å². The molecule has 0 bridgehead atoms. The summed E-state index contributed by atoms with van der Waals surface area (Å²) in [5, 5.41) is 4.26. The lowest BCUT2D eigenvalue weighted by Gasteiger charge is -2.43. The van der Waals surface area contributed by atoms with Gasteiger partial charge in [0.15, 0.2) is 5.69 Å². The summed E-state index contributed by atoms with van der Waals surface area (Å²) >= 11 is 0. The quantitative estimate of drug-likeness (QED) is 0.286. The molecule has 0 radical (unpaired) electrons. The van der Waals surface area contributed by atoms with Crippen LogP contribution < -0.4 is 4.40 Å². The first-order valence-corrected chi connectivity index (χ1v) is 9.28. The Balaban J connectivity index is 2.09. The molecule has 2 aliphatic rings. The number of para-hydroxylation sites is 1. The number of benzene rings is 2. The Labute approximate surface area is 147 Å². The fourth-order valence-electron chi connectivity index (χ4n) is 5.59. The van der Waals surface area contributed by atoms with Crippen LogP contribution in [0.1, 0.15) is 50.2 Å². The average molecular weight is 327 g/mol. The summed E-state index contributed by atoms with van der Waals surface area (Å²) in [6.07, 6.45) is 0. The van der Waals surface area contributed by atoms with Gasteiger partial charge in [0.1, 0.15) is 17.8 Å². The third kappa shape index (κ3) is 1.22. The fraction of sp³-hybridized carbons (Fsp3) is 0.348. The molecular weight excluding hydrogens is 304 g/mol. The van der Waals surface area contributed by atoms with E-state index in [1.54, 1.807) is 0 Å². The molecule has 4 aromatic rings. The van der Waals surface area contributed by atoms with Gasteiger partial charge in [0.2, 0.25) is 0 Å². The van der Waals surface area contributed by atoms with Gasteiger partial charge in [0, 0.05) is 39.7 Å². The summed E-state index contributed by atoms with van der Waals surface area (Å²) in [4.78, 5) is 0. The first-order chi connectivity index (χ1) is 11.9. The van der Waals surface area contributed by atoms with Gasteiger partial charge in [-0.25, -0.2) is 4.57 Å². The predicted molar refractivity (Wildman–Crippen MR) is 102 cm³/mol. The lowest BCUT2D eigenvalue weighted by Crippen LogP contribution is -2.51. The van der Waals surface area contributed by atoms with E-state index < -0.39 is 0 Å². The molecule has 0 unspecified atom stereocenters. The van der Waals surface area contributed by atoms with Crippen molar-refractivity contribution in [3.63, 3.8) is 0 Å². The van der Waals surface area contributed by atoms with Crippen LogP contribution in [0.3, 0.4) is 0 Å². The molecule has 2 aliphatic heterocycles. The molecule has 4 heterocycles. The highest BCUT2D eigenvalue weighted by Crippen LogP contribution is 2.50. The maximum atomic E-state index is 2.60. The summed E-state index contributed by atoms with van der Waals surface area (Å²) in [5.41, 5.74) is 8.85. The van der Waals surface area contributed by atoms with Gasteiger partial charge in [-0.2, -0.15) is 4.40 Å². The van der Waals surface area contributed by atoms with Gasteiger partial charge in [-0.3, -0.25) is 0 Å². The molecule has 6 rings (SSSR count). The highest BCUT2D eigenvalue weighted by molar-refractivity contribution is 6.12. The van der Waals surface area contributed by atoms with Crippen molar-refractivity contribution in [2.45, 2.75) is 52.0 Å². The lowest BCUT2D eigenvalue weighted by molar-refractivity contribution is -0.500. The van der Waals surface area contributed by atoms with E-state index in [2.05, 4.69) is 80.0 Å². The standard InChI is InChI=1S/C23H23N2/c1-13-20-23(4,5)22(2,3)17-11-7-10-16-15-9-6-8-14-12-24(13)21(18(14)15)25(20)19(16)17/h6-11H,12H2,1-5H3/q+1. The van der Waals surface area contributed by atoms with Gasteiger partial charge in [0.25, 0.3) is 5.65 Å². The zero-order valence-electron chi connectivity index (χ0n) is 15.6. The third-order valence-corrected chi connectivity index (χ3v) is 7.52. The molecule has 0 spiro atoms. The Bertz CT molecular complexity index is 1270. The summed E-state index contributed by atoms with van der Waals surface area (Å²) in [6.45, 7) is 13.0. The van der Waals surface area contributed by atoms with Gasteiger partial charge < -0.3 is 0 Å². The Morgan fingerprint density at radius 3 is 2.44 bits per heavy atom. The van der Waals surface area contributed by atoms with Crippen molar-refractivity contribution in [2.75, 3.05) is 0 Å². The van der Waals surface area contributed by atoms with E-state index in [0.29, 0.717) is 0 Å². The number of aromatic nitrogens is 2. The van der Waals surface area contributed by atoms with Crippen LogP contribution in [0.25, 0.3) is 27.3 Å². The van der Waals surface area contributed by atoms with Crippen LogP contribution in [0.4, 0.5) is 0 Å². The van der Waals surface area contributed by atoms with Crippen LogP contribution >= 0.6 is 0 Å². The van der Waals surface area contributed by atoms with Gasteiger partial charge in [-0.15, -0.1) is 0 Å². The number of imidazole rings is 1.